The number of carbonyl (C=O) groups excluding carboxylic acids is 1. The summed E-state index contributed by atoms with van der Waals surface area (Å²) in [4.78, 5) is 12.0. The number of carbonyl (C=O) groups is 1. The fourth-order valence-corrected chi connectivity index (χ4v) is 1.85. The van der Waals surface area contributed by atoms with Crippen molar-refractivity contribution in [3.05, 3.63) is 54.4 Å². The number of benzene rings is 1. The van der Waals surface area contributed by atoms with E-state index < -0.39 is 5.91 Å². The van der Waals surface area contributed by atoms with E-state index in [0.29, 0.717) is 16.5 Å². The lowest BCUT2D eigenvalue weighted by molar-refractivity contribution is -0.684. The maximum absolute atomic E-state index is 12.0. The van der Waals surface area contributed by atoms with Crippen molar-refractivity contribution < 1.29 is 31.7 Å². The standard InChI is InChI=1S/C15H17N2O3.ClH/c1-12-6-7-13(10-14(12)20-2)17(19)15(18)11-16-8-4-3-5-9-16;/h3-10,19H,11H2,1-2H3;1H/q+1;/p-1. The summed E-state index contributed by atoms with van der Waals surface area (Å²) in [7, 11) is 1.55. The average Bonchev–Trinajstić information content (AvgIpc) is 2.48. The summed E-state index contributed by atoms with van der Waals surface area (Å²) in [6, 6.07) is 10.6. The van der Waals surface area contributed by atoms with E-state index >= 15 is 0 Å². The van der Waals surface area contributed by atoms with Gasteiger partial charge in [-0.15, -0.1) is 0 Å². The molecule has 0 unspecified atom stereocenters. The van der Waals surface area contributed by atoms with Crippen molar-refractivity contribution in [3.8, 4) is 5.75 Å². The Morgan fingerprint density at radius 1 is 1.29 bits per heavy atom. The third-order valence-corrected chi connectivity index (χ3v) is 2.97. The van der Waals surface area contributed by atoms with Gasteiger partial charge in [0.15, 0.2) is 12.4 Å². The second-order valence-electron chi connectivity index (χ2n) is 4.41. The van der Waals surface area contributed by atoms with E-state index in [1.54, 1.807) is 42.3 Å². The summed E-state index contributed by atoms with van der Waals surface area (Å²) >= 11 is 0. The van der Waals surface area contributed by atoms with Crippen LogP contribution < -0.4 is 26.8 Å². The molecule has 2 aromatic rings. The molecule has 0 aliphatic rings. The minimum atomic E-state index is -0.424. The maximum Gasteiger partial charge on any atom is 0.316 e. The van der Waals surface area contributed by atoms with Gasteiger partial charge in [0.25, 0.3) is 0 Å². The number of anilines is 1. The number of hydrogen-bond donors (Lipinski definition) is 1. The number of halogens is 1. The van der Waals surface area contributed by atoms with Crippen LogP contribution in [-0.4, -0.2) is 18.2 Å². The smallest absolute Gasteiger partial charge is 0.316 e. The van der Waals surface area contributed by atoms with Gasteiger partial charge >= 0.3 is 5.91 Å². The Morgan fingerprint density at radius 2 is 1.95 bits per heavy atom. The second-order valence-corrected chi connectivity index (χ2v) is 4.41. The van der Waals surface area contributed by atoms with Crippen LogP contribution >= 0.6 is 0 Å². The molecule has 6 heteroatoms. The molecule has 1 heterocycles. The summed E-state index contributed by atoms with van der Waals surface area (Å²) in [5, 5.41) is 10.6. The van der Waals surface area contributed by atoms with Crippen molar-refractivity contribution >= 4 is 11.6 Å². The zero-order valence-electron chi connectivity index (χ0n) is 11.9. The summed E-state index contributed by atoms with van der Waals surface area (Å²) in [6.07, 6.45) is 3.53. The van der Waals surface area contributed by atoms with Gasteiger partial charge in [0.1, 0.15) is 5.75 Å². The van der Waals surface area contributed by atoms with E-state index in [1.165, 1.54) is 0 Å². The normalized spacial score (nSPS) is 9.67. The van der Waals surface area contributed by atoms with E-state index in [2.05, 4.69) is 0 Å². The quantitative estimate of drug-likeness (QED) is 0.435. The van der Waals surface area contributed by atoms with Crippen molar-refractivity contribution in [2.75, 3.05) is 12.2 Å². The van der Waals surface area contributed by atoms with E-state index in [-0.39, 0.29) is 19.0 Å². The largest absolute Gasteiger partial charge is 1.00 e. The van der Waals surface area contributed by atoms with Gasteiger partial charge < -0.3 is 17.1 Å². The number of methoxy groups -OCH3 is 1. The Balaban J connectivity index is 0.00000220. The molecular formula is C15H17ClN2O3. The van der Waals surface area contributed by atoms with Crippen LogP contribution in [-0.2, 0) is 11.3 Å². The first-order valence-electron chi connectivity index (χ1n) is 6.22. The van der Waals surface area contributed by atoms with Crippen LogP contribution in [0.3, 0.4) is 0 Å². The van der Waals surface area contributed by atoms with Gasteiger partial charge in [-0.2, -0.15) is 9.63 Å². The molecular weight excluding hydrogens is 292 g/mol. The van der Waals surface area contributed by atoms with E-state index in [4.69, 9.17) is 4.74 Å². The molecule has 0 bridgehead atoms. The molecule has 0 saturated heterocycles. The number of nitrogens with zero attached hydrogens (tertiary/aromatic N) is 2. The van der Waals surface area contributed by atoms with Crippen molar-refractivity contribution in [1.82, 2.24) is 0 Å². The first kappa shape index (κ1) is 16.9. The molecule has 0 fully saturated rings. The average molecular weight is 309 g/mol. The highest BCUT2D eigenvalue weighted by Gasteiger charge is 2.18. The lowest BCUT2D eigenvalue weighted by Gasteiger charge is -2.15. The van der Waals surface area contributed by atoms with Gasteiger partial charge in [-0.3, -0.25) is 10.0 Å². The fraction of sp³-hybridized carbons (Fsp3) is 0.200. The highest BCUT2D eigenvalue weighted by Crippen LogP contribution is 2.24. The van der Waals surface area contributed by atoms with Gasteiger partial charge in [-0.1, -0.05) is 12.1 Å². The van der Waals surface area contributed by atoms with Gasteiger partial charge in [0.05, 0.1) is 12.8 Å². The topological polar surface area (TPSA) is 53.7 Å². The molecule has 0 spiro atoms. The van der Waals surface area contributed by atoms with Gasteiger partial charge in [0.2, 0.25) is 6.54 Å². The molecule has 21 heavy (non-hydrogen) atoms. The lowest BCUT2D eigenvalue weighted by atomic mass is 10.2. The zero-order chi connectivity index (χ0) is 14.5. The zero-order valence-corrected chi connectivity index (χ0v) is 12.6. The molecule has 1 amide bonds. The number of pyridine rings is 1. The van der Waals surface area contributed by atoms with Crippen LogP contribution in [0.1, 0.15) is 5.56 Å². The van der Waals surface area contributed by atoms with Crippen molar-refractivity contribution in [2.45, 2.75) is 13.5 Å². The number of ether oxygens (including phenoxy) is 1. The highest BCUT2D eigenvalue weighted by atomic mass is 35.5. The van der Waals surface area contributed by atoms with Crippen LogP contribution in [0.5, 0.6) is 5.75 Å². The fourth-order valence-electron chi connectivity index (χ4n) is 1.85. The number of rotatable bonds is 4. The Labute approximate surface area is 129 Å². The number of hydroxylamine groups is 1. The predicted octanol–water partition coefficient (Wildman–Crippen LogP) is -1.28. The Hall–Kier alpha value is -2.11. The Morgan fingerprint density at radius 3 is 2.57 bits per heavy atom. The summed E-state index contributed by atoms with van der Waals surface area (Å²) in [5.41, 5.74) is 1.32. The van der Waals surface area contributed by atoms with E-state index in [9.17, 15) is 10.0 Å². The molecule has 0 atom stereocenters. The van der Waals surface area contributed by atoms with Crippen molar-refractivity contribution in [2.24, 2.45) is 0 Å². The molecule has 5 nitrogen and oxygen atoms in total. The molecule has 112 valence electrons. The van der Waals surface area contributed by atoms with Crippen molar-refractivity contribution in [3.63, 3.8) is 0 Å². The SMILES string of the molecule is COc1cc(N(O)C(=O)C[n+]2ccccc2)ccc1C.[Cl-]. The van der Waals surface area contributed by atoms with Crippen LogP contribution in [0.2, 0.25) is 0 Å². The first-order valence-corrected chi connectivity index (χ1v) is 6.22. The lowest BCUT2D eigenvalue weighted by Crippen LogP contribution is -3.00. The summed E-state index contributed by atoms with van der Waals surface area (Å²) in [6.45, 7) is 1.96. The van der Waals surface area contributed by atoms with E-state index in [0.717, 1.165) is 5.56 Å². The summed E-state index contributed by atoms with van der Waals surface area (Å²) < 4.78 is 6.87. The molecule has 0 radical (unpaired) electrons. The van der Waals surface area contributed by atoms with Gasteiger partial charge in [-0.25, -0.2) is 0 Å². The molecule has 1 aromatic carbocycles. The molecule has 0 aliphatic carbocycles. The minimum Gasteiger partial charge on any atom is -1.00 e. The predicted molar refractivity (Wildman–Crippen MR) is 73.6 cm³/mol. The van der Waals surface area contributed by atoms with Crippen molar-refractivity contribution in [1.29, 1.82) is 0 Å². The Bertz CT molecular complexity index is 605. The monoisotopic (exact) mass is 308 g/mol. The molecule has 0 aliphatic heterocycles. The third kappa shape index (κ3) is 4.18. The van der Waals surface area contributed by atoms with Gasteiger partial charge in [0, 0.05) is 18.2 Å². The van der Waals surface area contributed by atoms with Crippen LogP contribution in [0, 0.1) is 6.92 Å². The highest BCUT2D eigenvalue weighted by molar-refractivity contribution is 5.90. The maximum atomic E-state index is 12.0. The minimum absolute atomic E-state index is 0. The van der Waals surface area contributed by atoms with E-state index in [1.807, 2.05) is 25.1 Å². The molecule has 1 N–H and O–H groups in total. The Kier molecular flexibility index (Phi) is 6.14. The number of aromatic nitrogens is 1. The summed E-state index contributed by atoms with van der Waals surface area (Å²) in [5.74, 6) is 0.203. The van der Waals surface area contributed by atoms with Crippen LogP contribution in [0.15, 0.2) is 48.8 Å². The molecule has 1 aromatic heterocycles. The number of hydrogen-bond acceptors (Lipinski definition) is 3. The molecule has 2 rings (SSSR count). The number of aryl methyl sites for hydroxylation is 1. The van der Waals surface area contributed by atoms with Crippen LogP contribution in [0.4, 0.5) is 5.69 Å². The second kappa shape index (κ2) is 7.61. The third-order valence-electron chi connectivity index (χ3n) is 2.97. The van der Waals surface area contributed by atoms with Gasteiger partial charge in [-0.05, 0) is 18.6 Å². The number of amides is 1. The first-order chi connectivity index (χ1) is 9.61. The molecule has 0 saturated carbocycles. The van der Waals surface area contributed by atoms with Crippen LogP contribution in [0.25, 0.3) is 0 Å².